The third-order valence-corrected chi connectivity index (χ3v) is 6.74. The van der Waals surface area contributed by atoms with Gasteiger partial charge < -0.3 is 30.0 Å². The summed E-state index contributed by atoms with van der Waals surface area (Å²) in [6.45, 7) is 6.33. The molecule has 0 saturated heterocycles. The molecule has 6 N–H and O–H groups in total. The quantitative estimate of drug-likeness (QED) is 0.0660. The first-order valence-electron chi connectivity index (χ1n) is 13.7. The van der Waals surface area contributed by atoms with E-state index in [-0.39, 0.29) is 35.2 Å². The van der Waals surface area contributed by atoms with E-state index < -0.39 is 32.6 Å². The number of rotatable bonds is 11. The average Bonchev–Trinajstić information content (AvgIpc) is 3.38. The van der Waals surface area contributed by atoms with Gasteiger partial charge in [-0.2, -0.15) is 0 Å². The third-order valence-electron chi connectivity index (χ3n) is 6.29. The Balaban J connectivity index is 1.73. The number of aryl methyl sites for hydroxylation is 1. The number of nitrogens with one attached hydrogen (secondary N) is 2. The highest BCUT2D eigenvalue weighted by molar-refractivity contribution is 7.46. The van der Waals surface area contributed by atoms with E-state index in [0.29, 0.717) is 29.1 Å². The molecule has 0 spiro atoms. The van der Waals surface area contributed by atoms with Crippen molar-refractivity contribution in [2.24, 2.45) is 15.7 Å². The predicted octanol–water partition coefficient (Wildman–Crippen LogP) is 3.33. The number of aromatic nitrogens is 1. The number of carbonyl (C=O) groups is 4. The molecular formula is C29H33N6O10P. The lowest BCUT2D eigenvalue weighted by molar-refractivity contribution is -0.0102. The maximum absolute atomic E-state index is 13.4. The summed E-state index contributed by atoms with van der Waals surface area (Å²) in [5, 5.41) is 2.73. The summed E-state index contributed by atoms with van der Waals surface area (Å²) in [6, 6.07) is 9.69. The molecule has 0 fully saturated rings. The number of carbonyl (C=O) groups excluding carboxylic acids is 4. The van der Waals surface area contributed by atoms with Crippen LogP contribution in [0, 0.1) is 13.8 Å². The van der Waals surface area contributed by atoms with Crippen molar-refractivity contribution in [3.8, 4) is 5.75 Å². The van der Waals surface area contributed by atoms with Crippen LogP contribution in [0.4, 0.5) is 10.5 Å². The number of ether oxygens (including phenoxy) is 2. The second-order valence-corrected chi connectivity index (χ2v) is 10.6. The summed E-state index contributed by atoms with van der Waals surface area (Å²) < 4.78 is 25.2. The van der Waals surface area contributed by atoms with Gasteiger partial charge in [-0.3, -0.25) is 19.4 Å². The number of amidine groups is 1. The van der Waals surface area contributed by atoms with Gasteiger partial charge in [0.05, 0.1) is 28.8 Å². The lowest BCUT2D eigenvalue weighted by Gasteiger charge is -2.18. The predicted molar refractivity (Wildman–Crippen MR) is 166 cm³/mol. The number of esters is 1. The Morgan fingerprint density at radius 2 is 1.72 bits per heavy atom. The van der Waals surface area contributed by atoms with Gasteiger partial charge in [0.25, 0.3) is 11.8 Å². The molecule has 0 atom stereocenters. The number of hydrogen-bond acceptors (Lipinski definition) is 9. The van der Waals surface area contributed by atoms with Gasteiger partial charge in [0.15, 0.2) is 5.84 Å². The van der Waals surface area contributed by atoms with E-state index in [1.165, 1.54) is 18.3 Å². The molecule has 16 nitrogen and oxygen atoms in total. The number of hydrogen-bond donors (Lipinski definition) is 5. The van der Waals surface area contributed by atoms with Crippen LogP contribution in [0.15, 0.2) is 58.6 Å². The number of aliphatic imine (C=N–C) groups is 2. The Hall–Kier alpha value is -5.31. The zero-order valence-corrected chi connectivity index (χ0v) is 26.2. The molecule has 0 aliphatic rings. The van der Waals surface area contributed by atoms with E-state index in [1.807, 2.05) is 6.92 Å². The Labute approximate surface area is 263 Å². The first-order valence-corrected chi connectivity index (χ1v) is 15.2. The molecule has 0 radical (unpaired) electrons. The van der Waals surface area contributed by atoms with Crippen LogP contribution in [0.2, 0.25) is 0 Å². The molecule has 0 saturated carbocycles. The molecule has 3 amide bonds. The van der Waals surface area contributed by atoms with E-state index in [2.05, 4.69) is 24.8 Å². The lowest BCUT2D eigenvalue weighted by Crippen LogP contribution is -2.37. The van der Waals surface area contributed by atoms with Gasteiger partial charge in [0.2, 0.25) is 6.79 Å². The molecule has 244 valence electrons. The number of phosphoric acid groups is 1. The van der Waals surface area contributed by atoms with Crippen LogP contribution in [-0.4, -0.2) is 75.6 Å². The van der Waals surface area contributed by atoms with Crippen molar-refractivity contribution in [2.75, 3.05) is 19.9 Å². The first-order chi connectivity index (χ1) is 21.8. The highest BCUT2D eigenvalue weighted by atomic mass is 31.2. The molecule has 3 rings (SSSR count). The Bertz CT molecular complexity index is 1710. The number of benzene rings is 2. The van der Waals surface area contributed by atoms with Gasteiger partial charge in [-0.1, -0.05) is 6.07 Å². The molecule has 46 heavy (non-hydrogen) atoms. The number of phosphoric ester groups is 1. The Kier molecular flexibility index (Phi) is 11.9. The average molecular weight is 657 g/mol. The van der Waals surface area contributed by atoms with Crippen molar-refractivity contribution in [1.82, 2.24) is 15.2 Å². The minimum Gasteiger partial charge on any atom is -0.424 e. The summed E-state index contributed by atoms with van der Waals surface area (Å²) >= 11 is 0. The minimum absolute atomic E-state index is 0.0169. The van der Waals surface area contributed by atoms with Gasteiger partial charge in [-0.25, -0.2) is 29.0 Å². The summed E-state index contributed by atoms with van der Waals surface area (Å²) in [4.78, 5) is 80.9. The standard InChI is InChI=1S/C29H33N6O10P/c1-5-31-26(36)20-8-7-17(3)23(13-20)34-25(33-15-30)24-18(4)22(14-32-24)27(37)35(6-2)29(39)44-16-43-28(38)19-9-11-21(12-10-19)45-46(40,41)42/h7-15,32H,5-6,16H2,1-4H3,(H,31,36)(H2,30,33,34)(H2,40,41,42). The third kappa shape index (κ3) is 9.11. The van der Waals surface area contributed by atoms with Crippen LogP contribution >= 0.6 is 7.82 Å². The fourth-order valence-corrected chi connectivity index (χ4v) is 4.40. The molecule has 1 heterocycles. The summed E-state index contributed by atoms with van der Waals surface area (Å²) in [7, 11) is -4.77. The summed E-state index contributed by atoms with van der Waals surface area (Å²) in [6.07, 6.45) is 1.33. The number of nitrogens with two attached hydrogens (primary N) is 1. The Morgan fingerprint density at radius 1 is 1.04 bits per heavy atom. The van der Waals surface area contributed by atoms with E-state index in [4.69, 9.17) is 25.0 Å². The lowest BCUT2D eigenvalue weighted by atomic mass is 10.1. The van der Waals surface area contributed by atoms with Crippen molar-refractivity contribution >= 4 is 49.6 Å². The minimum atomic E-state index is -4.77. The van der Waals surface area contributed by atoms with Gasteiger partial charge >= 0.3 is 19.9 Å². The van der Waals surface area contributed by atoms with Gasteiger partial charge in [0, 0.05) is 24.8 Å². The molecular weight excluding hydrogens is 623 g/mol. The molecule has 0 aliphatic carbocycles. The summed E-state index contributed by atoms with van der Waals surface area (Å²) in [5.74, 6) is -1.95. The van der Waals surface area contributed by atoms with Crippen LogP contribution in [0.3, 0.4) is 0 Å². The first kappa shape index (κ1) is 35.2. The van der Waals surface area contributed by atoms with Gasteiger partial charge in [-0.15, -0.1) is 0 Å². The van der Waals surface area contributed by atoms with Crippen molar-refractivity contribution in [2.45, 2.75) is 27.7 Å². The van der Waals surface area contributed by atoms with Gasteiger partial charge in [-0.05, 0) is 75.2 Å². The van der Waals surface area contributed by atoms with E-state index in [1.54, 1.807) is 39.0 Å². The van der Waals surface area contributed by atoms with Crippen LogP contribution in [0.1, 0.15) is 61.7 Å². The van der Waals surface area contributed by atoms with Crippen molar-refractivity contribution in [1.29, 1.82) is 0 Å². The highest BCUT2D eigenvalue weighted by Crippen LogP contribution is 2.37. The molecule has 3 aromatic rings. The second kappa shape index (κ2) is 15.6. The molecule has 0 aliphatic heterocycles. The van der Waals surface area contributed by atoms with Crippen molar-refractivity contribution in [3.63, 3.8) is 0 Å². The zero-order chi connectivity index (χ0) is 34.0. The van der Waals surface area contributed by atoms with E-state index in [9.17, 15) is 23.7 Å². The number of aromatic amines is 1. The molecule has 1 aromatic heterocycles. The van der Waals surface area contributed by atoms with Crippen LogP contribution in [-0.2, 0) is 14.0 Å². The van der Waals surface area contributed by atoms with Crippen molar-refractivity contribution in [3.05, 3.63) is 82.2 Å². The highest BCUT2D eigenvalue weighted by Gasteiger charge is 2.27. The Morgan fingerprint density at radius 3 is 2.33 bits per heavy atom. The number of amides is 3. The van der Waals surface area contributed by atoms with E-state index in [0.717, 1.165) is 28.9 Å². The van der Waals surface area contributed by atoms with Gasteiger partial charge in [0.1, 0.15) is 5.75 Å². The fraction of sp³-hybridized carbons (Fsp3) is 0.241. The molecule has 2 aromatic carbocycles. The zero-order valence-electron chi connectivity index (χ0n) is 25.3. The topological polar surface area (TPSA) is 235 Å². The molecule has 0 bridgehead atoms. The molecule has 17 heteroatoms. The van der Waals surface area contributed by atoms with Crippen LogP contribution in [0.25, 0.3) is 0 Å². The SMILES string of the molecule is CCNC(=O)c1ccc(C)c(N=C(N=CN)c2[nH]cc(C(=O)N(CC)C(=O)OCOC(=O)c3ccc(OP(=O)(O)O)cc3)c2C)c1. The maximum atomic E-state index is 13.4. The van der Waals surface area contributed by atoms with E-state index >= 15 is 0 Å². The number of imide groups is 1. The molecule has 0 unspecified atom stereocenters. The smallest absolute Gasteiger partial charge is 0.424 e. The normalized spacial score (nSPS) is 11.7. The monoisotopic (exact) mass is 656 g/mol. The number of H-pyrrole nitrogens is 1. The number of nitrogens with zero attached hydrogens (tertiary/aromatic N) is 3. The second-order valence-electron chi connectivity index (χ2n) is 9.39. The van der Waals surface area contributed by atoms with Crippen molar-refractivity contribution < 1.29 is 47.5 Å². The largest absolute Gasteiger partial charge is 0.524 e. The fourth-order valence-electron chi connectivity index (χ4n) is 4.00. The summed E-state index contributed by atoms with van der Waals surface area (Å²) in [5.41, 5.74) is 8.01. The van der Waals surface area contributed by atoms with Crippen LogP contribution < -0.4 is 15.6 Å². The van der Waals surface area contributed by atoms with Crippen LogP contribution in [0.5, 0.6) is 5.75 Å². The maximum Gasteiger partial charge on any atom is 0.524 e.